The number of benzene rings is 2. The molecule has 0 aliphatic carbocycles. The van der Waals surface area contributed by atoms with E-state index in [9.17, 15) is 4.79 Å². The Labute approximate surface area is 191 Å². The fraction of sp³-hybridized carbons (Fsp3) is 0.364. The van der Waals surface area contributed by atoms with Gasteiger partial charge < -0.3 is 14.2 Å². The molecule has 0 radical (unpaired) electrons. The molecule has 2 aromatic rings. The summed E-state index contributed by atoms with van der Waals surface area (Å²) in [7, 11) is 0. The second kappa shape index (κ2) is 11.9. The van der Waals surface area contributed by atoms with Gasteiger partial charge in [0.15, 0.2) is 11.5 Å². The van der Waals surface area contributed by atoms with Crippen LogP contribution in [0.4, 0.5) is 0 Å². The molecule has 1 heterocycles. The van der Waals surface area contributed by atoms with E-state index in [0.29, 0.717) is 53.5 Å². The Morgan fingerprint density at radius 2 is 1.94 bits per heavy atom. The molecule has 0 spiro atoms. The Bertz CT molecular complexity index is 900. The fourth-order valence-corrected chi connectivity index (χ4v) is 3.38. The number of hydrogen-bond acceptors (Lipinski definition) is 6. The van der Waals surface area contributed by atoms with Gasteiger partial charge in [0.25, 0.3) is 5.91 Å². The second-order valence-corrected chi connectivity index (χ2v) is 7.70. The SMILES string of the molecule is CCOc1cc(/C=N/NC(=O)CN2CCOCC2)cc(Cl)c1OCc1ccc(Cl)cc1. The topological polar surface area (TPSA) is 72.4 Å². The van der Waals surface area contributed by atoms with Crippen molar-refractivity contribution < 1.29 is 19.0 Å². The van der Waals surface area contributed by atoms with E-state index in [1.54, 1.807) is 24.3 Å². The summed E-state index contributed by atoms with van der Waals surface area (Å²) in [5.41, 5.74) is 4.17. The average Bonchev–Trinajstić information content (AvgIpc) is 2.75. The van der Waals surface area contributed by atoms with Crippen molar-refractivity contribution in [1.29, 1.82) is 0 Å². The van der Waals surface area contributed by atoms with Crippen molar-refractivity contribution in [2.24, 2.45) is 5.10 Å². The van der Waals surface area contributed by atoms with Crippen LogP contribution in [0.3, 0.4) is 0 Å². The first-order valence-corrected chi connectivity index (χ1v) is 10.8. The molecule has 1 N–H and O–H groups in total. The number of morpholine rings is 1. The Morgan fingerprint density at radius 3 is 2.65 bits per heavy atom. The van der Waals surface area contributed by atoms with Gasteiger partial charge in [-0.1, -0.05) is 35.3 Å². The number of ether oxygens (including phenoxy) is 3. The zero-order chi connectivity index (χ0) is 22.1. The van der Waals surface area contributed by atoms with Crippen molar-refractivity contribution in [2.75, 3.05) is 39.5 Å². The van der Waals surface area contributed by atoms with Crippen molar-refractivity contribution in [3.05, 3.63) is 57.6 Å². The van der Waals surface area contributed by atoms with Crippen LogP contribution in [0, 0.1) is 0 Å². The van der Waals surface area contributed by atoms with E-state index in [2.05, 4.69) is 10.5 Å². The first-order chi connectivity index (χ1) is 15.0. The summed E-state index contributed by atoms with van der Waals surface area (Å²) >= 11 is 12.4. The van der Waals surface area contributed by atoms with Gasteiger partial charge in [0, 0.05) is 18.1 Å². The molecule has 2 aromatic carbocycles. The number of nitrogens with one attached hydrogen (secondary N) is 1. The van der Waals surface area contributed by atoms with Crippen molar-refractivity contribution in [2.45, 2.75) is 13.5 Å². The maximum absolute atomic E-state index is 12.0. The Hall–Kier alpha value is -2.32. The molecule has 1 amide bonds. The minimum atomic E-state index is -0.183. The average molecular weight is 466 g/mol. The van der Waals surface area contributed by atoms with E-state index in [0.717, 1.165) is 18.7 Å². The Kier molecular flexibility index (Phi) is 8.97. The van der Waals surface area contributed by atoms with Crippen LogP contribution in [0.15, 0.2) is 41.5 Å². The maximum Gasteiger partial charge on any atom is 0.254 e. The summed E-state index contributed by atoms with van der Waals surface area (Å²) in [5, 5.41) is 5.09. The molecule has 166 valence electrons. The lowest BCUT2D eigenvalue weighted by molar-refractivity contribution is -0.123. The van der Waals surface area contributed by atoms with Crippen molar-refractivity contribution >= 4 is 35.3 Å². The monoisotopic (exact) mass is 465 g/mol. The third-order valence-electron chi connectivity index (χ3n) is 4.50. The summed E-state index contributed by atoms with van der Waals surface area (Å²) in [6.07, 6.45) is 1.52. The Balaban J connectivity index is 1.62. The summed E-state index contributed by atoms with van der Waals surface area (Å²) in [5.74, 6) is 0.772. The lowest BCUT2D eigenvalue weighted by Crippen LogP contribution is -2.42. The summed E-state index contributed by atoms with van der Waals surface area (Å²) in [6, 6.07) is 10.9. The zero-order valence-corrected chi connectivity index (χ0v) is 18.8. The van der Waals surface area contributed by atoms with Crippen LogP contribution in [0.5, 0.6) is 11.5 Å². The van der Waals surface area contributed by atoms with Gasteiger partial charge in [0.2, 0.25) is 0 Å². The molecule has 1 aliphatic heterocycles. The van der Waals surface area contributed by atoms with Crippen LogP contribution in [-0.2, 0) is 16.1 Å². The van der Waals surface area contributed by atoms with Crippen molar-refractivity contribution in [3.8, 4) is 11.5 Å². The molecule has 0 aromatic heterocycles. The molecule has 0 saturated carbocycles. The highest BCUT2D eigenvalue weighted by atomic mass is 35.5. The molecule has 31 heavy (non-hydrogen) atoms. The number of carbonyl (C=O) groups is 1. The molecule has 0 atom stereocenters. The number of carbonyl (C=O) groups excluding carboxylic acids is 1. The molecular weight excluding hydrogens is 441 g/mol. The molecule has 0 unspecified atom stereocenters. The van der Waals surface area contributed by atoms with Gasteiger partial charge in [-0.2, -0.15) is 5.10 Å². The lowest BCUT2D eigenvalue weighted by atomic mass is 10.2. The second-order valence-electron chi connectivity index (χ2n) is 6.86. The highest BCUT2D eigenvalue weighted by Crippen LogP contribution is 2.37. The third-order valence-corrected chi connectivity index (χ3v) is 5.03. The first kappa shape index (κ1) is 23.3. The molecule has 1 aliphatic rings. The lowest BCUT2D eigenvalue weighted by Gasteiger charge is -2.25. The van der Waals surface area contributed by atoms with E-state index in [-0.39, 0.29) is 12.5 Å². The fourth-order valence-electron chi connectivity index (χ4n) is 2.98. The standard InChI is InChI=1S/C22H25Cl2N3O4/c1-2-30-20-12-17(13-25-26-21(28)14-27-7-9-29-10-8-27)11-19(24)22(20)31-15-16-3-5-18(23)6-4-16/h3-6,11-13H,2,7-10,14-15H2,1H3,(H,26,28)/b25-13+. The van der Waals surface area contributed by atoms with Crippen LogP contribution in [-0.4, -0.2) is 56.5 Å². The van der Waals surface area contributed by atoms with Crippen LogP contribution in [0.1, 0.15) is 18.1 Å². The molecule has 1 saturated heterocycles. The highest BCUT2D eigenvalue weighted by Gasteiger charge is 2.14. The van der Waals surface area contributed by atoms with Gasteiger partial charge in [0.1, 0.15) is 6.61 Å². The van der Waals surface area contributed by atoms with Gasteiger partial charge in [0.05, 0.1) is 37.6 Å². The molecule has 7 nitrogen and oxygen atoms in total. The first-order valence-electron chi connectivity index (χ1n) is 10.0. The number of amides is 1. The smallest absolute Gasteiger partial charge is 0.254 e. The Morgan fingerprint density at radius 1 is 1.19 bits per heavy atom. The number of hydrogen-bond donors (Lipinski definition) is 1. The number of hydrazone groups is 1. The van der Waals surface area contributed by atoms with E-state index < -0.39 is 0 Å². The van der Waals surface area contributed by atoms with Gasteiger partial charge in [-0.3, -0.25) is 9.69 Å². The molecule has 1 fully saturated rings. The van der Waals surface area contributed by atoms with Gasteiger partial charge in [-0.15, -0.1) is 0 Å². The van der Waals surface area contributed by atoms with Gasteiger partial charge in [-0.25, -0.2) is 5.43 Å². The number of nitrogens with zero attached hydrogens (tertiary/aromatic N) is 2. The van der Waals surface area contributed by atoms with E-state index in [1.165, 1.54) is 6.21 Å². The molecule has 0 bridgehead atoms. The summed E-state index contributed by atoms with van der Waals surface area (Å²) in [4.78, 5) is 14.1. The number of rotatable bonds is 9. The minimum absolute atomic E-state index is 0.183. The van der Waals surface area contributed by atoms with Crippen LogP contribution in [0.2, 0.25) is 10.0 Å². The van der Waals surface area contributed by atoms with Gasteiger partial charge >= 0.3 is 0 Å². The predicted octanol–water partition coefficient (Wildman–Crippen LogP) is 3.75. The van der Waals surface area contributed by atoms with E-state index >= 15 is 0 Å². The molecule has 9 heteroatoms. The predicted molar refractivity (Wildman–Crippen MR) is 121 cm³/mol. The summed E-state index contributed by atoms with van der Waals surface area (Å²) < 4.78 is 16.9. The minimum Gasteiger partial charge on any atom is -0.490 e. The van der Waals surface area contributed by atoms with E-state index in [1.807, 2.05) is 24.0 Å². The normalized spacial score (nSPS) is 14.5. The molecule has 3 rings (SSSR count). The van der Waals surface area contributed by atoms with Gasteiger partial charge in [-0.05, 0) is 42.3 Å². The number of halogens is 2. The molecular formula is C22H25Cl2N3O4. The van der Waals surface area contributed by atoms with Crippen LogP contribution < -0.4 is 14.9 Å². The summed E-state index contributed by atoms with van der Waals surface area (Å²) in [6.45, 7) is 5.69. The zero-order valence-electron chi connectivity index (χ0n) is 17.3. The van der Waals surface area contributed by atoms with E-state index in [4.69, 9.17) is 37.4 Å². The van der Waals surface area contributed by atoms with Crippen LogP contribution >= 0.6 is 23.2 Å². The third kappa shape index (κ3) is 7.40. The van der Waals surface area contributed by atoms with Crippen molar-refractivity contribution in [3.63, 3.8) is 0 Å². The van der Waals surface area contributed by atoms with Crippen LogP contribution in [0.25, 0.3) is 0 Å². The maximum atomic E-state index is 12.0. The van der Waals surface area contributed by atoms with Crippen molar-refractivity contribution in [1.82, 2.24) is 10.3 Å². The quantitative estimate of drug-likeness (QED) is 0.450. The largest absolute Gasteiger partial charge is 0.490 e. The highest BCUT2D eigenvalue weighted by molar-refractivity contribution is 6.32.